The molecule has 0 amide bonds. The summed E-state index contributed by atoms with van der Waals surface area (Å²) in [7, 11) is 0. The van der Waals surface area contributed by atoms with Crippen molar-refractivity contribution in [2.45, 2.75) is 0 Å². The SMILES string of the molecule is Fc1cc(-c2nc(Nc3cnccn3)cc3ccccc23)ccn1. The van der Waals surface area contributed by atoms with E-state index in [-0.39, 0.29) is 0 Å². The van der Waals surface area contributed by atoms with Crippen LogP contribution >= 0.6 is 0 Å². The Morgan fingerprint density at radius 2 is 1.79 bits per heavy atom. The highest BCUT2D eigenvalue weighted by atomic mass is 19.1. The summed E-state index contributed by atoms with van der Waals surface area (Å²) in [6.45, 7) is 0. The van der Waals surface area contributed by atoms with E-state index in [0.29, 0.717) is 22.9 Å². The quantitative estimate of drug-likeness (QED) is 0.579. The summed E-state index contributed by atoms with van der Waals surface area (Å²) in [6.07, 6.45) is 6.25. The first-order chi connectivity index (χ1) is 11.8. The molecular formula is C18H12FN5. The van der Waals surface area contributed by atoms with Gasteiger partial charge in [0.15, 0.2) is 0 Å². The van der Waals surface area contributed by atoms with Gasteiger partial charge in [-0.3, -0.25) is 4.98 Å². The van der Waals surface area contributed by atoms with E-state index in [4.69, 9.17) is 0 Å². The van der Waals surface area contributed by atoms with Gasteiger partial charge in [0.25, 0.3) is 0 Å². The number of aromatic nitrogens is 4. The Bertz CT molecular complexity index is 1000. The Hall–Kier alpha value is -3.41. The summed E-state index contributed by atoms with van der Waals surface area (Å²) < 4.78 is 13.5. The molecule has 0 aliphatic carbocycles. The molecule has 0 saturated heterocycles. The van der Waals surface area contributed by atoms with Crippen molar-refractivity contribution in [3.05, 3.63) is 73.2 Å². The van der Waals surface area contributed by atoms with Crippen LogP contribution in [-0.4, -0.2) is 19.9 Å². The van der Waals surface area contributed by atoms with Crippen LogP contribution in [0.1, 0.15) is 0 Å². The molecule has 0 aliphatic rings. The van der Waals surface area contributed by atoms with E-state index in [2.05, 4.69) is 25.3 Å². The number of anilines is 2. The number of nitrogens with one attached hydrogen (secondary N) is 1. The van der Waals surface area contributed by atoms with Gasteiger partial charge in [-0.1, -0.05) is 24.3 Å². The zero-order chi connectivity index (χ0) is 16.4. The van der Waals surface area contributed by atoms with Crippen LogP contribution in [0.15, 0.2) is 67.3 Å². The molecule has 0 radical (unpaired) electrons. The van der Waals surface area contributed by atoms with E-state index in [1.54, 1.807) is 24.7 Å². The fraction of sp³-hybridized carbons (Fsp3) is 0. The molecule has 3 heterocycles. The average molecular weight is 317 g/mol. The summed E-state index contributed by atoms with van der Waals surface area (Å²) in [5, 5.41) is 5.06. The van der Waals surface area contributed by atoms with E-state index in [0.717, 1.165) is 10.8 Å². The van der Waals surface area contributed by atoms with Crippen molar-refractivity contribution in [1.29, 1.82) is 0 Å². The van der Waals surface area contributed by atoms with E-state index >= 15 is 0 Å². The molecule has 24 heavy (non-hydrogen) atoms. The van der Waals surface area contributed by atoms with Gasteiger partial charge < -0.3 is 5.32 Å². The molecule has 5 nitrogen and oxygen atoms in total. The van der Waals surface area contributed by atoms with E-state index < -0.39 is 5.95 Å². The maximum Gasteiger partial charge on any atom is 0.213 e. The average Bonchev–Trinajstić information content (AvgIpc) is 2.62. The van der Waals surface area contributed by atoms with Gasteiger partial charge in [0.05, 0.1) is 11.9 Å². The van der Waals surface area contributed by atoms with Crippen molar-refractivity contribution in [3.63, 3.8) is 0 Å². The predicted octanol–water partition coefficient (Wildman–Crippen LogP) is 3.97. The third-order valence-electron chi connectivity index (χ3n) is 3.56. The highest BCUT2D eigenvalue weighted by molar-refractivity contribution is 5.96. The fourth-order valence-electron chi connectivity index (χ4n) is 2.53. The lowest BCUT2D eigenvalue weighted by Crippen LogP contribution is -1.98. The highest BCUT2D eigenvalue weighted by Crippen LogP contribution is 2.29. The van der Waals surface area contributed by atoms with Crippen molar-refractivity contribution in [2.75, 3.05) is 5.32 Å². The molecular weight excluding hydrogens is 305 g/mol. The zero-order valence-electron chi connectivity index (χ0n) is 12.5. The van der Waals surface area contributed by atoms with Crippen molar-refractivity contribution >= 4 is 22.4 Å². The minimum atomic E-state index is -0.536. The normalized spacial score (nSPS) is 10.7. The largest absolute Gasteiger partial charge is 0.324 e. The first kappa shape index (κ1) is 14.2. The number of hydrogen-bond donors (Lipinski definition) is 1. The Balaban J connectivity index is 1.88. The van der Waals surface area contributed by atoms with Crippen LogP contribution in [0.3, 0.4) is 0 Å². The highest BCUT2D eigenvalue weighted by Gasteiger charge is 2.10. The third kappa shape index (κ3) is 2.77. The topological polar surface area (TPSA) is 63.6 Å². The van der Waals surface area contributed by atoms with Crippen LogP contribution in [0.4, 0.5) is 16.0 Å². The van der Waals surface area contributed by atoms with Crippen LogP contribution in [0.25, 0.3) is 22.0 Å². The summed E-state index contributed by atoms with van der Waals surface area (Å²) in [5.41, 5.74) is 1.35. The van der Waals surface area contributed by atoms with Gasteiger partial charge in [-0.15, -0.1) is 0 Å². The second-order valence-electron chi connectivity index (χ2n) is 5.16. The van der Waals surface area contributed by atoms with Crippen LogP contribution in [0.5, 0.6) is 0 Å². The molecule has 1 N–H and O–H groups in total. The Kier molecular flexibility index (Phi) is 3.55. The van der Waals surface area contributed by atoms with Gasteiger partial charge in [-0.2, -0.15) is 4.39 Å². The van der Waals surface area contributed by atoms with Crippen molar-refractivity contribution in [2.24, 2.45) is 0 Å². The number of benzene rings is 1. The number of rotatable bonds is 3. The minimum Gasteiger partial charge on any atom is -0.324 e. The monoisotopic (exact) mass is 317 g/mol. The number of halogens is 1. The molecule has 0 spiro atoms. The zero-order valence-corrected chi connectivity index (χ0v) is 12.5. The lowest BCUT2D eigenvalue weighted by molar-refractivity contribution is 0.584. The minimum absolute atomic E-state index is 0.536. The van der Waals surface area contributed by atoms with E-state index in [1.807, 2.05) is 30.3 Å². The standard InChI is InChI=1S/C18H12FN5/c19-15-9-13(5-6-21-15)18-14-4-2-1-3-12(14)10-16(24-18)23-17-11-20-7-8-22-17/h1-11H,(H,22,23,24). The summed E-state index contributed by atoms with van der Waals surface area (Å²) >= 11 is 0. The first-order valence-electron chi connectivity index (χ1n) is 7.34. The molecule has 3 aromatic heterocycles. The fourth-order valence-corrected chi connectivity index (χ4v) is 2.53. The van der Waals surface area contributed by atoms with Gasteiger partial charge in [-0.25, -0.2) is 15.0 Å². The number of pyridine rings is 2. The lowest BCUT2D eigenvalue weighted by atomic mass is 10.0. The van der Waals surface area contributed by atoms with Crippen molar-refractivity contribution < 1.29 is 4.39 Å². The van der Waals surface area contributed by atoms with Gasteiger partial charge in [0.2, 0.25) is 5.95 Å². The van der Waals surface area contributed by atoms with Gasteiger partial charge in [-0.05, 0) is 17.5 Å². The second kappa shape index (κ2) is 6.00. The smallest absolute Gasteiger partial charge is 0.213 e. The van der Waals surface area contributed by atoms with Gasteiger partial charge in [0, 0.05) is 35.6 Å². The van der Waals surface area contributed by atoms with Crippen LogP contribution < -0.4 is 5.32 Å². The van der Waals surface area contributed by atoms with Gasteiger partial charge in [0.1, 0.15) is 11.6 Å². The van der Waals surface area contributed by atoms with Crippen molar-refractivity contribution in [1.82, 2.24) is 19.9 Å². The molecule has 6 heteroatoms. The molecule has 0 aliphatic heterocycles. The van der Waals surface area contributed by atoms with E-state index in [1.165, 1.54) is 12.3 Å². The Labute approximate surface area is 137 Å². The van der Waals surface area contributed by atoms with Crippen molar-refractivity contribution in [3.8, 4) is 11.3 Å². The Morgan fingerprint density at radius 1 is 0.875 bits per heavy atom. The molecule has 4 rings (SSSR count). The maximum absolute atomic E-state index is 13.5. The molecule has 0 saturated carbocycles. The Morgan fingerprint density at radius 3 is 2.62 bits per heavy atom. The van der Waals surface area contributed by atoms with E-state index in [9.17, 15) is 4.39 Å². The second-order valence-corrected chi connectivity index (χ2v) is 5.16. The number of hydrogen-bond acceptors (Lipinski definition) is 5. The lowest BCUT2D eigenvalue weighted by Gasteiger charge is -2.11. The summed E-state index contributed by atoms with van der Waals surface area (Å²) in [5.74, 6) is 0.666. The van der Waals surface area contributed by atoms with Crippen LogP contribution in [0.2, 0.25) is 0 Å². The molecule has 0 unspecified atom stereocenters. The first-order valence-corrected chi connectivity index (χ1v) is 7.34. The maximum atomic E-state index is 13.5. The van der Waals surface area contributed by atoms with Crippen LogP contribution in [0, 0.1) is 5.95 Å². The molecule has 0 bridgehead atoms. The van der Waals surface area contributed by atoms with Gasteiger partial charge >= 0.3 is 0 Å². The summed E-state index contributed by atoms with van der Waals surface area (Å²) in [6, 6.07) is 12.9. The molecule has 0 fully saturated rings. The van der Waals surface area contributed by atoms with Crippen LogP contribution in [-0.2, 0) is 0 Å². The predicted molar refractivity (Wildman–Crippen MR) is 90.2 cm³/mol. The summed E-state index contributed by atoms with van der Waals surface area (Å²) in [4.78, 5) is 16.5. The number of nitrogens with zero attached hydrogens (tertiary/aromatic N) is 4. The number of fused-ring (bicyclic) bond motifs is 1. The molecule has 1 aromatic carbocycles. The third-order valence-corrected chi connectivity index (χ3v) is 3.56. The molecule has 0 atom stereocenters. The molecule has 116 valence electrons. The molecule has 4 aromatic rings.